The van der Waals surface area contributed by atoms with Gasteiger partial charge in [0, 0.05) is 26.1 Å². The summed E-state index contributed by atoms with van der Waals surface area (Å²) in [6.07, 6.45) is 2.13. The lowest BCUT2D eigenvalue weighted by atomic mass is 9.79. The van der Waals surface area contributed by atoms with E-state index >= 15 is 0 Å². The van der Waals surface area contributed by atoms with E-state index in [4.69, 9.17) is 18.9 Å². The Balaban J connectivity index is 2.12. The molecule has 1 amide bonds. The van der Waals surface area contributed by atoms with Gasteiger partial charge in [0.15, 0.2) is 0 Å². The van der Waals surface area contributed by atoms with Crippen LogP contribution in [0.3, 0.4) is 0 Å². The zero-order valence-corrected chi connectivity index (χ0v) is 18.3. The Bertz CT molecular complexity index is 632. The first kappa shape index (κ1) is 24.3. The van der Waals surface area contributed by atoms with Crippen LogP contribution in [0.1, 0.15) is 38.7 Å². The lowest BCUT2D eigenvalue weighted by molar-refractivity contribution is -0.169. The van der Waals surface area contributed by atoms with Crippen LogP contribution in [0.15, 0.2) is 30.3 Å². The van der Waals surface area contributed by atoms with Crippen molar-refractivity contribution in [2.75, 3.05) is 52.9 Å². The van der Waals surface area contributed by atoms with Crippen molar-refractivity contribution in [3.8, 4) is 0 Å². The Morgan fingerprint density at radius 3 is 2.47 bits per heavy atom. The van der Waals surface area contributed by atoms with Crippen molar-refractivity contribution < 1.29 is 28.5 Å². The summed E-state index contributed by atoms with van der Waals surface area (Å²) < 4.78 is 21.7. The number of nitrogens with zero attached hydrogens (tertiary/aromatic N) is 1. The minimum absolute atomic E-state index is 0.0623. The van der Waals surface area contributed by atoms with E-state index in [0.717, 1.165) is 12.8 Å². The number of hydrogen-bond donors (Lipinski definition) is 0. The minimum Gasteiger partial charge on any atom is -0.465 e. The third kappa shape index (κ3) is 7.70. The van der Waals surface area contributed by atoms with E-state index in [1.165, 1.54) is 5.56 Å². The van der Waals surface area contributed by atoms with E-state index < -0.39 is 5.41 Å². The fraction of sp³-hybridized carbons (Fsp3) is 0.652. The summed E-state index contributed by atoms with van der Waals surface area (Å²) in [5.74, 6) is -0.442. The molecular formula is C23H35NO6. The number of ether oxygens (including phenoxy) is 4. The maximum absolute atomic E-state index is 13.1. The highest BCUT2D eigenvalue weighted by molar-refractivity contribution is 5.86. The number of esters is 1. The summed E-state index contributed by atoms with van der Waals surface area (Å²) in [5.41, 5.74) is 0.169. The fourth-order valence-electron chi connectivity index (χ4n) is 3.60. The topological polar surface area (TPSA) is 74.3 Å². The van der Waals surface area contributed by atoms with Crippen molar-refractivity contribution in [1.29, 1.82) is 0 Å². The average molecular weight is 422 g/mol. The normalized spacial score (nSPS) is 16.1. The van der Waals surface area contributed by atoms with Crippen molar-refractivity contribution >= 4 is 11.9 Å². The van der Waals surface area contributed by atoms with Crippen LogP contribution in [0.5, 0.6) is 0 Å². The van der Waals surface area contributed by atoms with E-state index in [1.54, 1.807) is 11.8 Å². The molecule has 0 aliphatic carbocycles. The molecule has 1 aliphatic heterocycles. The van der Waals surface area contributed by atoms with Crippen molar-refractivity contribution in [2.24, 2.45) is 5.41 Å². The van der Waals surface area contributed by atoms with Crippen LogP contribution in [0.2, 0.25) is 0 Å². The number of amides is 1. The van der Waals surface area contributed by atoms with Gasteiger partial charge in [-0.15, -0.1) is 0 Å². The number of benzene rings is 1. The van der Waals surface area contributed by atoms with Gasteiger partial charge in [-0.05, 0) is 38.7 Å². The van der Waals surface area contributed by atoms with Gasteiger partial charge in [0.2, 0.25) is 5.91 Å². The van der Waals surface area contributed by atoms with Crippen LogP contribution in [-0.2, 0) is 35.0 Å². The number of hydrogen-bond acceptors (Lipinski definition) is 6. The van der Waals surface area contributed by atoms with Crippen molar-refractivity contribution in [1.82, 2.24) is 4.90 Å². The molecular weight excluding hydrogens is 386 g/mol. The average Bonchev–Trinajstić information content (AvgIpc) is 2.78. The van der Waals surface area contributed by atoms with Gasteiger partial charge in [0.05, 0.1) is 26.4 Å². The maximum Gasteiger partial charge on any atom is 0.314 e. The molecule has 1 aromatic carbocycles. The van der Waals surface area contributed by atoms with Crippen molar-refractivity contribution in [2.45, 2.75) is 39.5 Å². The van der Waals surface area contributed by atoms with Gasteiger partial charge in [-0.2, -0.15) is 0 Å². The molecule has 0 spiro atoms. The molecule has 1 unspecified atom stereocenters. The largest absolute Gasteiger partial charge is 0.465 e. The summed E-state index contributed by atoms with van der Waals surface area (Å²) in [4.78, 5) is 27.8. The zero-order valence-electron chi connectivity index (χ0n) is 18.3. The Labute approximate surface area is 179 Å². The van der Waals surface area contributed by atoms with Crippen molar-refractivity contribution in [3.05, 3.63) is 35.9 Å². The van der Waals surface area contributed by atoms with E-state index in [0.29, 0.717) is 39.3 Å². The molecule has 1 atom stereocenters. The lowest BCUT2D eigenvalue weighted by Crippen LogP contribution is -2.47. The minimum atomic E-state index is -1.03. The first-order valence-corrected chi connectivity index (χ1v) is 10.8. The van der Waals surface area contributed by atoms with Crippen LogP contribution < -0.4 is 0 Å². The molecule has 1 fully saturated rings. The van der Waals surface area contributed by atoms with Gasteiger partial charge in [0.1, 0.15) is 12.2 Å². The van der Waals surface area contributed by atoms with E-state index in [2.05, 4.69) is 12.1 Å². The van der Waals surface area contributed by atoms with Crippen LogP contribution in [0.25, 0.3) is 0 Å². The van der Waals surface area contributed by atoms with E-state index in [-0.39, 0.29) is 38.3 Å². The maximum atomic E-state index is 13.1. The molecule has 1 aromatic rings. The quantitative estimate of drug-likeness (QED) is 0.277. The second-order valence-electron chi connectivity index (χ2n) is 7.47. The van der Waals surface area contributed by atoms with Gasteiger partial charge >= 0.3 is 5.97 Å². The van der Waals surface area contributed by atoms with Gasteiger partial charge in [-0.25, -0.2) is 0 Å². The van der Waals surface area contributed by atoms with Gasteiger partial charge in [0.25, 0.3) is 0 Å². The Morgan fingerprint density at radius 2 is 1.80 bits per heavy atom. The highest BCUT2D eigenvalue weighted by Gasteiger charge is 2.43. The predicted molar refractivity (Wildman–Crippen MR) is 113 cm³/mol. The van der Waals surface area contributed by atoms with E-state index in [9.17, 15) is 9.59 Å². The molecule has 0 aromatic heterocycles. The molecule has 1 heterocycles. The van der Waals surface area contributed by atoms with Gasteiger partial charge < -0.3 is 23.8 Å². The molecule has 0 radical (unpaired) electrons. The molecule has 2 rings (SSSR count). The summed E-state index contributed by atoms with van der Waals surface area (Å²) in [5, 5.41) is 0. The lowest BCUT2D eigenvalue weighted by Gasteiger charge is -2.34. The standard InChI is InChI=1S/C23H35NO6/c1-3-27-19-29-18-23(22(26)30-4-2,12-8-11-20-9-6-5-7-10-20)17-21(25)24-13-15-28-16-14-24/h5-7,9-10H,3-4,8,11-19H2,1-2H3. The van der Waals surface area contributed by atoms with E-state index in [1.807, 2.05) is 25.1 Å². The molecule has 7 nitrogen and oxygen atoms in total. The molecule has 168 valence electrons. The highest BCUT2D eigenvalue weighted by atomic mass is 16.7. The second kappa shape index (κ2) is 13.4. The van der Waals surface area contributed by atoms with Crippen LogP contribution in [0.4, 0.5) is 0 Å². The molecule has 0 saturated carbocycles. The predicted octanol–water partition coefficient (Wildman–Crippen LogP) is 2.82. The molecule has 1 aliphatic rings. The monoisotopic (exact) mass is 421 g/mol. The number of aryl methyl sites for hydroxylation is 1. The van der Waals surface area contributed by atoms with Crippen molar-refractivity contribution in [3.63, 3.8) is 0 Å². The fourth-order valence-corrected chi connectivity index (χ4v) is 3.60. The third-order valence-electron chi connectivity index (χ3n) is 5.27. The number of morpholine rings is 1. The molecule has 1 saturated heterocycles. The third-order valence-corrected chi connectivity index (χ3v) is 5.27. The summed E-state index contributed by atoms with van der Waals surface area (Å²) >= 11 is 0. The van der Waals surface area contributed by atoms with Gasteiger partial charge in [-0.1, -0.05) is 30.3 Å². The first-order valence-electron chi connectivity index (χ1n) is 10.8. The number of carbonyl (C=O) groups excluding carboxylic acids is 2. The Kier molecular flexibility index (Phi) is 10.8. The summed E-state index contributed by atoms with van der Waals surface area (Å²) in [7, 11) is 0. The second-order valence-corrected chi connectivity index (χ2v) is 7.47. The molecule has 0 bridgehead atoms. The summed E-state index contributed by atoms with van der Waals surface area (Å²) in [6.45, 7) is 6.74. The smallest absolute Gasteiger partial charge is 0.314 e. The SMILES string of the molecule is CCOCOCC(CCCc1ccccc1)(CC(=O)N1CCOCC1)C(=O)OCC. The molecule has 0 N–H and O–H groups in total. The highest BCUT2D eigenvalue weighted by Crippen LogP contribution is 2.33. The van der Waals surface area contributed by atoms with Crippen LogP contribution in [-0.4, -0.2) is 69.7 Å². The Hall–Kier alpha value is -1.96. The molecule has 30 heavy (non-hydrogen) atoms. The number of rotatable bonds is 13. The first-order chi connectivity index (χ1) is 14.6. The van der Waals surface area contributed by atoms with Crippen LogP contribution >= 0.6 is 0 Å². The zero-order chi connectivity index (χ0) is 21.7. The Morgan fingerprint density at radius 1 is 1.07 bits per heavy atom. The van der Waals surface area contributed by atoms with Crippen LogP contribution in [0, 0.1) is 5.41 Å². The molecule has 7 heteroatoms. The number of carbonyl (C=O) groups is 2. The van der Waals surface area contributed by atoms with Gasteiger partial charge in [-0.3, -0.25) is 9.59 Å². The summed E-state index contributed by atoms with van der Waals surface area (Å²) in [6, 6.07) is 10.1.